The summed E-state index contributed by atoms with van der Waals surface area (Å²) in [6.07, 6.45) is 7.54. The third kappa shape index (κ3) is 3.82. The van der Waals surface area contributed by atoms with Crippen molar-refractivity contribution < 1.29 is 29.1 Å². The molecule has 0 heterocycles. The van der Waals surface area contributed by atoms with Gasteiger partial charge in [0.15, 0.2) is 0 Å². The van der Waals surface area contributed by atoms with Gasteiger partial charge in [-0.05, 0) is 66.8 Å². The molecule has 3 aliphatic rings. The lowest BCUT2D eigenvalue weighted by Gasteiger charge is -2.63. The first-order valence-corrected chi connectivity index (χ1v) is 11.6. The summed E-state index contributed by atoms with van der Waals surface area (Å²) < 4.78 is 15.7. The van der Waals surface area contributed by atoms with E-state index in [4.69, 9.17) is 9.79 Å². The Morgan fingerprint density at radius 3 is 2.52 bits per heavy atom. The summed E-state index contributed by atoms with van der Waals surface area (Å²) in [4.78, 5) is 18.0. The molecular weight excluding hydrogens is 367 g/mol. The predicted molar refractivity (Wildman–Crippen MR) is 103 cm³/mol. The normalized spacial score (nSPS) is 41.9. The van der Waals surface area contributed by atoms with Gasteiger partial charge in [-0.3, -0.25) is 4.52 Å². The van der Waals surface area contributed by atoms with Crippen LogP contribution in [-0.4, -0.2) is 39.3 Å². The number of fused-ring (bicyclic) bond motifs is 3. The lowest BCUT2D eigenvalue weighted by atomic mass is 9.42. The van der Waals surface area contributed by atoms with E-state index >= 15 is 0 Å². The summed E-state index contributed by atoms with van der Waals surface area (Å²) in [5.41, 5.74) is 0.448. The lowest BCUT2D eigenvalue weighted by molar-refractivity contribution is -0.181. The van der Waals surface area contributed by atoms with Crippen LogP contribution in [0.1, 0.15) is 65.7 Å². The first kappa shape index (κ1) is 21.5. The third-order valence-electron chi connectivity index (χ3n) is 8.14. The quantitative estimate of drug-likeness (QED) is 0.424. The van der Waals surface area contributed by atoms with Crippen molar-refractivity contribution >= 4 is 7.82 Å². The smallest absolute Gasteiger partial charge is 0.396 e. The van der Waals surface area contributed by atoms with Gasteiger partial charge < -0.3 is 20.0 Å². The van der Waals surface area contributed by atoms with Gasteiger partial charge in [-0.2, -0.15) is 0 Å². The molecule has 0 aromatic carbocycles. The third-order valence-corrected chi connectivity index (χ3v) is 8.60. The summed E-state index contributed by atoms with van der Waals surface area (Å²) in [5, 5.41) is 21.5. The zero-order valence-corrected chi connectivity index (χ0v) is 17.6. The molecule has 2 unspecified atom stereocenters. The number of allylic oxidation sites excluding steroid dienone is 1. The number of hydrogen-bond donors (Lipinski definition) is 4. The van der Waals surface area contributed by atoms with Crippen molar-refractivity contribution in [1.29, 1.82) is 0 Å². The van der Waals surface area contributed by atoms with Gasteiger partial charge >= 0.3 is 7.82 Å². The number of phosphoric acid groups is 1. The first-order valence-electron chi connectivity index (χ1n) is 10.1. The molecule has 0 radical (unpaired) electrons. The van der Waals surface area contributed by atoms with E-state index in [1.165, 1.54) is 6.42 Å². The Hall–Kier alpha value is -0.230. The van der Waals surface area contributed by atoms with E-state index < -0.39 is 19.3 Å². The van der Waals surface area contributed by atoms with E-state index in [0.717, 1.165) is 25.7 Å². The molecule has 4 N–H and O–H groups in total. The number of aliphatic hydroxyl groups is 2. The van der Waals surface area contributed by atoms with Gasteiger partial charge in [0.1, 0.15) is 0 Å². The molecule has 2 fully saturated rings. The Bertz CT molecular complexity index is 640. The summed E-state index contributed by atoms with van der Waals surface area (Å²) in [5.74, 6) is 0.702. The van der Waals surface area contributed by atoms with Gasteiger partial charge in [0.2, 0.25) is 0 Å². The monoisotopic (exact) mass is 402 g/mol. The summed E-state index contributed by atoms with van der Waals surface area (Å²) in [7, 11) is -4.55. The van der Waals surface area contributed by atoms with Crippen LogP contribution in [0.15, 0.2) is 11.6 Å². The molecule has 3 rings (SSSR count). The molecule has 6 nitrogen and oxygen atoms in total. The van der Waals surface area contributed by atoms with Crippen molar-refractivity contribution in [2.24, 2.45) is 28.1 Å². The topological polar surface area (TPSA) is 107 Å². The fraction of sp³-hybridized carbons (Fsp3) is 0.900. The van der Waals surface area contributed by atoms with Crippen molar-refractivity contribution in [3.05, 3.63) is 11.6 Å². The summed E-state index contributed by atoms with van der Waals surface area (Å²) >= 11 is 0. The predicted octanol–water partition coefficient (Wildman–Crippen LogP) is 3.40. The van der Waals surface area contributed by atoms with Crippen molar-refractivity contribution in [3.8, 4) is 0 Å². The fourth-order valence-corrected chi connectivity index (χ4v) is 7.18. The average Bonchev–Trinajstić information content (AvgIpc) is 2.69. The second kappa shape index (κ2) is 7.23. The highest BCUT2D eigenvalue weighted by Crippen LogP contribution is 2.66. The van der Waals surface area contributed by atoms with Gasteiger partial charge in [0.05, 0.1) is 19.3 Å². The van der Waals surface area contributed by atoms with Crippen LogP contribution in [0.4, 0.5) is 0 Å². The van der Waals surface area contributed by atoms with E-state index in [-0.39, 0.29) is 30.0 Å². The van der Waals surface area contributed by atoms with E-state index in [1.54, 1.807) is 0 Å². The Kier molecular flexibility index (Phi) is 5.75. The van der Waals surface area contributed by atoms with E-state index in [0.29, 0.717) is 24.3 Å². The number of hydrogen-bond acceptors (Lipinski definition) is 4. The second-order valence-electron chi connectivity index (χ2n) is 9.97. The second-order valence-corrected chi connectivity index (χ2v) is 11.2. The van der Waals surface area contributed by atoms with Gasteiger partial charge in [-0.25, -0.2) is 4.57 Å². The SMILES string of the molecule is CC1(C)CCC[C@@]2(C)C1CC[C@]1(CO)C2CC=C(COP(=O)(O)O)C[C@H]1O. The molecule has 3 aliphatic carbocycles. The molecule has 0 aromatic heterocycles. The molecule has 2 saturated carbocycles. The maximum Gasteiger partial charge on any atom is 0.469 e. The van der Waals surface area contributed by atoms with Crippen LogP contribution in [0.5, 0.6) is 0 Å². The fourth-order valence-electron chi connectivity index (χ4n) is 6.85. The molecule has 156 valence electrons. The Morgan fingerprint density at radius 1 is 1.19 bits per heavy atom. The largest absolute Gasteiger partial charge is 0.469 e. The van der Waals surface area contributed by atoms with Gasteiger partial charge in [0, 0.05) is 5.41 Å². The minimum atomic E-state index is -4.55. The minimum Gasteiger partial charge on any atom is -0.396 e. The van der Waals surface area contributed by atoms with E-state index in [1.807, 2.05) is 6.08 Å². The molecule has 0 saturated heterocycles. The van der Waals surface area contributed by atoms with Crippen LogP contribution in [0, 0.1) is 28.1 Å². The standard InChI is InChI=1S/C20H35O6P/c1-18(2)8-4-9-19(3)15(18)7-10-20(13-21)16(19)6-5-14(11-17(20)22)12-26-27(23,24)25/h5,15-17,21-22H,4,6-13H2,1-3H3,(H2,23,24,25)/t15?,16?,17-,19+,20+/m1/s1. The highest BCUT2D eigenvalue weighted by Gasteiger charge is 2.61. The van der Waals surface area contributed by atoms with Crippen LogP contribution >= 0.6 is 7.82 Å². The highest BCUT2D eigenvalue weighted by molar-refractivity contribution is 7.46. The molecule has 27 heavy (non-hydrogen) atoms. The number of rotatable bonds is 4. The lowest BCUT2D eigenvalue weighted by Crippen LogP contribution is -2.59. The van der Waals surface area contributed by atoms with Crippen molar-refractivity contribution in [2.75, 3.05) is 13.2 Å². The Morgan fingerprint density at radius 2 is 1.89 bits per heavy atom. The van der Waals surface area contributed by atoms with E-state index in [2.05, 4.69) is 25.3 Å². The summed E-state index contributed by atoms with van der Waals surface area (Å²) in [6.45, 7) is 6.81. The average molecular weight is 402 g/mol. The molecule has 0 bridgehead atoms. The van der Waals surface area contributed by atoms with Crippen LogP contribution < -0.4 is 0 Å². The van der Waals surface area contributed by atoms with Gasteiger partial charge in [-0.1, -0.05) is 33.3 Å². The van der Waals surface area contributed by atoms with Gasteiger partial charge in [-0.15, -0.1) is 0 Å². The number of phosphoric ester groups is 1. The molecule has 5 atom stereocenters. The van der Waals surface area contributed by atoms with Crippen molar-refractivity contribution in [1.82, 2.24) is 0 Å². The Labute approximate surface area is 162 Å². The summed E-state index contributed by atoms with van der Waals surface area (Å²) in [6, 6.07) is 0. The number of aliphatic hydroxyl groups excluding tert-OH is 2. The van der Waals surface area contributed by atoms with Crippen molar-refractivity contribution in [2.45, 2.75) is 71.8 Å². The van der Waals surface area contributed by atoms with Crippen molar-refractivity contribution in [3.63, 3.8) is 0 Å². The molecular formula is C20H35O6P. The molecule has 0 aliphatic heterocycles. The van der Waals surface area contributed by atoms with Crippen LogP contribution in [-0.2, 0) is 9.09 Å². The van der Waals surface area contributed by atoms with Crippen LogP contribution in [0.25, 0.3) is 0 Å². The van der Waals surface area contributed by atoms with Gasteiger partial charge in [0.25, 0.3) is 0 Å². The van der Waals surface area contributed by atoms with E-state index in [9.17, 15) is 14.8 Å². The van der Waals surface area contributed by atoms with Crippen LogP contribution in [0.2, 0.25) is 0 Å². The minimum absolute atomic E-state index is 0.0414. The zero-order valence-electron chi connectivity index (χ0n) is 16.7. The zero-order chi connectivity index (χ0) is 20.1. The molecule has 0 amide bonds. The molecule has 0 spiro atoms. The Balaban J connectivity index is 1.94. The first-order chi connectivity index (χ1) is 12.4. The molecule has 7 heteroatoms. The maximum atomic E-state index is 11.1. The molecule has 0 aromatic rings. The maximum absolute atomic E-state index is 11.1. The van der Waals surface area contributed by atoms with Crippen LogP contribution in [0.3, 0.4) is 0 Å². The highest BCUT2D eigenvalue weighted by atomic mass is 31.2.